The van der Waals surface area contributed by atoms with E-state index < -0.39 is 0 Å². The molecule has 84 valence electrons. The molecule has 2 aromatic heterocycles. The van der Waals surface area contributed by atoms with Crippen LogP contribution in [0.2, 0.25) is 0 Å². The van der Waals surface area contributed by atoms with Gasteiger partial charge in [0, 0.05) is 22.0 Å². The van der Waals surface area contributed by atoms with Crippen molar-refractivity contribution in [2.45, 2.75) is 6.04 Å². The highest BCUT2D eigenvalue weighted by Crippen LogP contribution is 2.30. The number of benzene rings is 1. The molecule has 0 aliphatic carbocycles. The number of nitrogens with zero attached hydrogens (tertiary/aromatic N) is 2. The molecule has 2 heterocycles. The molecule has 0 spiro atoms. The van der Waals surface area contributed by atoms with Crippen molar-refractivity contribution in [3.05, 3.63) is 59.5 Å². The third-order valence-corrected chi connectivity index (χ3v) is 3.85. The van der Waals surface area contributed by atoms with Gasteiger partial charge in [-0.1, -0.05) is 18.2 Å². The molecular formula is C13H11N3S. The normalized spacial score (nSPS) is 12.8. The lowest BCUT2D eigenvalue weighted by Gasteiger charge is -2.06. The maximum Gasteiger partial charge on any atom is 0.0836 e. The lowest BCUT2D eigenvalue weighted by atomic mass is 10.1. The van der Waals surface area contributed by atoms with Crippen LogP contribution in [0, 0.1) is 0 Å². The Morgan fingerprint density at radius 1 is 1.18 bits per heavy atom. The molecule has 0 bridgehead atoms. The summed E-state index contributed by atoms with van der Waals surface area (Å²) in [5, 5.41) is 1.23. The van der Waals surface area contributed by atoms with E-state index in [-0.39, 0.29) is 6.04 Å². The number of aromatic nitrogens is 2. The van der Waals surface area contributed by atoms with Crippen LogP contribution in [0.25, 0.3) is 10.1 Å². The van der Waals surface area contributed by atoms with E-state index in [4.69, 9.17) is 5.73 Å². The van der Waals surface area contributed by atoms with E-state index in [9.17, 15) is 0 Å². The van der Waals surface area contributed by atoms with Crippen LogP contribution in [0.15, 0.2) is 48.9 Å². The lowest BCUT2D eigenvalue weighted by Crippen LogP contribution is -2.11. The fraction of sp³-hybridized carbons (Fsp3) is 0.0769. The number of fused-ring (bicyclic) bond motifs is 1. The first kappa shape index (κ1) is 10.4. The Morgan fingerprint density at radius 3 is 2.82 bits per heavy atom. The maximum atomic E-state index is 6.19. The molecule has 2 N–H and O–H groups in total. The summed E-state index contributed by atoms with van der Waals surface area (Å²) in [7, 11) is 0. The van der Waals surface area contributed by atoms with Crippen molar-refractivity contribution in [2.75, 3.05) is 0 Å². The van der Waals surface area contributed by atoms with Gasteiger partial charge in [0.15, 0.2) is 0 Å². The van der Waals surface area contributed by atoms with Crippen molar-refractivity contribution in [1.82, 2.24) is 9.97 Å². The molecule has 0 aliphatic rings. The fourth-order valence-electron chi connectivity index (χ4n) is 1.77. The van der Waals surface area contributed by atoms with Crippen molar-refractivity contribution >= 4 is 21.4 Å². The first-order chi connectivity index (χ1) is 8.34. The molecule has 3 nitrogen and oxygen atoms in total. The summed E-state index contributed by atoms with van der Waals surface area (Å²) in [5.41, 5.74) is 6.99. The number of thiophene rings is 1. The van der Waals surface area contributed by atoms with Gasteiger partial charge in [0.05, 0.1) is 17.9 Å². The zero-order valence-corrected chi connectivity index (χ0v) is 9.89. The quantitative estimate of drug-likeness (QED) is 0.750. The smallest absolute Gasteiger partial charge is 0.0836 e. The average Bonchev–Trinajstić information content (AvgIpc) is 2.82. The standard InChI is InChI=1S/C13H11N3S/c14-13(10-8-15-5-6-16-10)12-7-9-3-1-2-4-11(9)17-12/h1-8,13H,14H2. The molecule has 1 aromatic carbocycles. The zero-order chi connectivity index (χ0) is 11.7. The second-order valence-corrected chi connectivity index (χ2v) is 4.91. The van der Waals surface area contributed by atoms with Gasteiger partial charge in [-0.15, -0.1) is 11.3 Å². The molecule has 1 unspecified atom stereocenters. The molecule has 3 rings (SSSR count). The highest BCUT2D eigenvalue weighted by molar-refractivity contribution is 7.19. The van der Waals surface area contributed by atoms with E-state index in [1.54, 1.807) is 29.9 Å². The molecule has 1 atom stereocenters. The fourth-order valence-corrected chi connectivity index (χ4v) is 2.85. The lowest BCUT2D eigenvalue weighted by molar-refractivity contribution is 0.835. The second kappa shape index (κ2) is 4.24. The summed E-state index contributed by atoms with van der Waals surface area (Å²) < 4.78 is 1.25. The van der Waals surface area contributed by atoms with E-state index in [0.29, 0.717) is 0 Å². The number of hydrogen-bond donors (Lipinski definition) is 1. The van der Waals surface area contributed by atoms with E-state index in [2.05, 4.69) is 28.2 Å². The van der Waals surface area contributed by atoms with Gasteiger partial charge in [-0.05, 0) is 17.5 Å². The summed E-state index contributed by atoms with van der Waals surface area (Å²) in [6.45, 7) is 0. The van der Waals surface area contributed by atoms with Gasteiger partial charge in [0.25, 0.3) is 0 Å². The monoisotopic (exact) mass is 241 g/mol. The Balaban J connectivity index is 2.04. The molecule has 0 saturated heterocycles. The van der Waals surface area contributed by atoms with Crippen molar-refractivity contribution in [2.24, 2.45) is 5.73 Å². The zero-order valence-electron chi connectivity index (χ0n) is 9.08. The Hall–Kier alpha value is -1.78. The van der Waals surface area contributed by atoms with Crippen molar-refractivity contribution in [1.29, 1.82) is 0 Å². The van der Waals surface area contributed by atoms with Gasteiger partial charge in [-0.3, -0.25) is 9.97 Å². The predicted octanol–water partition coefficient (Wildman–Crippen LogP) is 2.74. The molecule has 0 fully saturated rings. The highest BCUT2D eigenvalue weighted by atomic mass is 32.1. The van der Waals surface area contributed by atoms with Crippen LogP contribution in [-0.4, -0.2) is 9.97 Å². The number of nitrogens with two attached hydrogens (primary N) is 1. The van der Waals surface area contributed by atoms with Crippen molar-refractivity contribution < 1.29 is 0 Å². The minimum atomic E-state index is -0.193. The van der Waals surface area contributed by atoms with Gasteiger partial charge in [-0.25, -0.2) is 0 Å². The second-order valence-electron chi connectivity index (χ2n) is 3.79. The van der Waals surface area contributed by atoms with E-state index in [0.717, 1.165) is 10.6 Å². The molecule has 0 amide bonds. The first-order valence-electron chi connectivity index (χ1n) is 5.34. The molecule has 0 aliphatic heterocycles. The van der Waals surface area contributed by atoms with Crippen LogP contribution in [0.3, 0.4) is 0 Å². The molecular weight excluding hydrogens is 230 g/mol. The van der Waals surface area contributed by atoms with Gasteiger partial charge in [0.2, 0.25) is 0 Å². The van der Waals surface area contributed by atoms with E-state index in [1.165, 1.54) is 10.1 Å². The van der Waals surface area contributed by atoms with Crippen LogP contribution < -0.4 is 5.73 Å². The summed E-state index contributed by atoms with van der Waals surface area (Å²) >= 11 is 1.71. The molecule has 17 heavy (non-hydrogen) atoms. The van der Waals surface area contributed by atoms with Crippen molar-refractivity contribution in [3.8, 4) is 0 Å². The predicted molar refractivity (Wildman–Crippen MR) is 69.9 cm³/mol. The first-order valence-corrected chi connectivity index (χ1v) is 6.16. The maximum absolute atomic E-state index is 6.19. The third-order valence-electron chi connectivity index (χ3n) is 2.65. The van der Waals surface area contributed by atoms with E-state index in [1.807, 2.05) is 12.1 Å². The van der Waals surface area contributed by atoms with Crippen molar-refractivity contribution in [3.63, 3.8) is 0 Å². The Kier molecular flexibility index (Phi) is 2.59. The van der Waals surface area contributed by atoms with Crippen LogP contribution in [0.1, 0.15) is 16.6 Å². The third kappa shape index (κ3) is 1.92. The van der Waals surface area contributed by atoms with Gasteiger partial charge in [-0.2, -0.15) is 0 Å². The molecule has 4 heteroatoms. The van der Waals surface area contributed by atoms with Gasteiger partial charge in [0.1, 0.15) is 0 Å². The van der Waals surface area contributed by atoms with Crippen LogP contribution >= 0.6 is 11.3 Å². The Bertz CT molecular complexity index is 600. The molecule has 3 aromatic rings. The number of rotatable bonds is 2. The topological polar surface area (TPSA) is 51.8 Å². The van der Waals surface area contributed by atoms with E-state index >= 15 is 0 Å². The highest BCUT2D eigenvalue weighted by Gasteiger charge is 2.13. The summed E-state index contributed by atoms with van der Waals surface area (Å²) in [4.78, 5) is 9.41. The Labute approximate surface area is 103 Å². The largest absolute Gasteiger partial charge is 0.318 e. The Morgan fingerprint density at radius 2 is 2.06 bits per heavy atom. The van der Waals surface area contributed by atoms with Crippen LogP contribution in [-0.2, 0) is 0 Å². The summed E-state index contributed by atoms with van der Waals surface area (Å²) in [5.74, 6) is 0. The summed E-state index contributed by atoms with van der Waals surface area (Å²) in [6, 6.07) is 10.2. The van der Waals surface area contributed by atoms with Gasteiger partial charge < -0.3 is 5.73 Å². The van der Waals surface area contributed by atoms with Gasteiger partial charge >= 0.3 is 0 Å². The molecule has 0 saturated carbocycles. The van der Waals surface area contributed by atoms with Crippen LogP contribution in [0.5, 0.6) is 0 Å². The average molecular weight is 241 g/mol. The minimum absolute atomic E-state index is 0.193. The minimum Gasteiger partial charge on any atom is -0.318 e. The van der Waals surface area contributed by atoms with Crippen LogP contribution in [0.4, 0.5) is 0 Å². The summed E-state index contributed by atoms with van der Waals surface area (Å²) in [6.07, 6.45) is 5.04. The SMILES string of the molecule is NC(c1cnccn1)c1cc2ccccc2s1. The number of hydrogen-bond acceptors (Lipinski definition) is 4. The molecule has 0 radical (unpaired) electrons.